The predicted molar refractivity (Wildman–Crippen MR) is 77.0 cm³/mol. The molecule has 0 radical (unpaired) electrons. The number of nitro groups is 1. The first-order valence-corrected chi connectivity index (χ1v) is 6.99. The highest BCUT2D eigenvalue weighted by atomic mass is 35.5. The Kier molecular flexibility index (Phi) is 4.72. The molecule has 1 aromatic heterocycles. The van der Waals surface area contributed by atoms with Gasteiger partial charge in [0.15, 0.2) is 0 Å². The number of hydrogen-bond donors (Lipinski definition) is 1. The number of halogens is 1. The number of rotatable bonds is 5. The second-order valence-electron chi connectivity index (χ2n) is 5.24. The van der Waals surface area contributed by atoms with Crippen LogP contribution in [0.15, 0.2) is 6.33 Å². The minimum atomic E-state index is -0.556. The molecule has 0 aliphatic carbocycles. The molecule has 7 nitrogen and oxygen atoms in total. The summed E-state index contributed by atoms with van der Waals surface area (Å²) in [7, 11) is 0. The van der Waals surface area contributed by atoms with E-state index in [1.54, 1.807) is 0 Å². The molecule has 0 aromatic carbocycles. The summed E-state index contributed by atoms with van der Waals surface area (Å²) in [4.78, 5) is 20.4. The second kappa shape index (κ2) is 6.32. The summed E-state index contributed by atoms with van der Waals surface area (Å²) in [6.07, 6.45) is 2.31. The van der Waals surface area contributed by atoms with Crippen LogP contribution in [0, 0.1) is 16.0 Å². The monoisotopic (exact) mass is 299 g/mol. The fourth-order valence-corrected chi connectivity index (χ4v) is 2.59. The van der Waals surface area contributed by atoms with Crippen LogP contribution in [-0.2, 0) is 0 Å². The van der Waals surface area contributed by atoms with Crippen molar-refractivity contribution in [3.63, 3.8) is 0 Å². The molecule has 1 fully saturated rings. The highest BCUT2D eigenvalue weighted by Gasteiger charge is 2.26. The van der Waals surface area contributed by atoms with Gasteiger partial charge in [-0.2, -0.15) is 0 Å². The van der Waals surface area contributed by atoms with Gasteiger partial charge in [0.25, 0.3) is 0 Å². The van der Waals surface area contributed by atoms with Crippen molar-refractivity contribution < 1.29 is 4.92 Å². The molecule has 0 bridgehead atoms. The summed E-state index contributed by atoms with van der Waals surface area (Å²) in [5.41, 5.74) is -0.257. The van der Waals surface area contributed by atoms with Crippen molar-refractivity contribution in [1.82, 2.24) is 14.9 Å². The molecule has 8 heteroatoms. The molecular formula is C12H18ClN5O2. The molecule has 1 saturated heterocycles. The molecule has 1 aromatic rings. The van der Waals surface area contributed by atoms with Gasteiger partial charge in [-0.15, -0.1) is 0 Å². The Bertz CT molecular complexity index is 497. The normalized spacial score (nSPS) is 19.5. The molecule has 0 saturated carbocycles. The molecule has 1 aliphatic heterocycles. The van der Waals surface area contributed by atoms with Crippen LogP contribution in [0.1, 0.15) is 20.3 Å². The fraction of sp³-hybridized carbons (Fsp3) is 0.667. The van der Waals surface area contributed by atoms with Gasteiger partial charge >= 0.3 is 5.69 Å². The van der Waals surface area contributed by atoms with Gasteiger partial charge in [-0.1, -0.05) is 11.6 Å². The summed E-state index contributed by atoms with van der Waals surface area (Å²) in [6.45, 7) is 7.06. The van der Waals surface area contributed by atoms with Gasteiger partial charge in [-0.05, 0) is 32.7 Å². The molecule has 2 heterocycles. The van der Waals surface area contributed by atoms with Crippen molar-refractivity contribution in [2.24, 2.45) is 5.92 Å². The van der Waals surface area contributed by atoms with E-state index in [1.807, 2.05) is 0 Å². The van der Waals surface area contributed by atoms with Crippen LogP contribution in [-0.4, -0.2) is 45.5 Å². The van der Waals surface area contributed by atoms with E-state index in [0.29, 0.717) is 18.5 Å². The van der Waals surface area contributed by atoms with E-state index < -0.39 is 4.92 Å². The number of likely N-dealkylation sites (tertiary alicyclic amines) is 1. The van der Waals surface area contributed by atoms with E-state index in [9.17, 15) is 10.1 Å². The number of hydrogen-bond acceptors (Lipinski definition) is 6. The van der Waals surface area contributed by atoms with Crippen LogP contribution in [0.3, 0.4) is 0 Å². The third-order valence-corrected chi connectivity index (χ3v) is 3.84. The Balaban J connectivity index is 1.98. The maximum absolute atomic E-state index is 11.0. The number of nitrogens with one attached hydrogen (secondary N) is 1. The molecule has 1 aliphatic rings. The molecule has 0 spiro atoms. The fourth-order valence-electron chi connectivity index (χ4n) is 2.39. The van der Waals surface area contributed by atoms with Crippen LogP contribution in [0.25, 0.3) is 0 Å². The lowest BCUT2D eigenvalue weighted by Gasteiger charge is -2.20. The predicted octanol–water partition coefficient (Wildman–Crippen LogP) is 2.18. The molecule has 1 unspecified atom stereocenters. The van der Waals surface area contributed by atoms with Crippen molar-refractivity contribution in [2.45, 2.75) is 26.3 Å². The average Bonchev–Trinajstić information content (AvgIpc) is 2.84. The van der Waals surface area contributed by atoms with E-state index in [4.69, 9.17) is 11.6 Å². The Morgan fingerprint density at radius 1 is 1.60 bits per heavy atom. The zero-order valence-corrected chi connectivity index (χ0v) is 12.3. The van der Waals surface area contributed by atoms with Crippen LogP contribution < -0.4 is 5.32 Å². The standard InChI is InChI=1S/C12H18ClN5O2/c1-8(2)17-4-3-9(6-17)5-14-12-10(18(19)20)11(13)15-7-16-12/h7-9H,3-6H2,1-2H3,(H,14,15,16). The summed E-state index contributed by atoms with van der Waals surface area (Å²) < 4.78 is 0. The average molecular weight is 300 g/mol. The van der Waals surface area contributed by atoms with Crippen molar-refractivity contribution in [2.75, 3.05) is 25.0 Å². The van der Waals surface area contributed by atoms with Gasteiger partial charge in [-0.3, -0.25) is 10.1 Å². The van der Waals surface area contributed by atoms with Crippen LogP contribution in [0.4, 0.5) is 11.5 Å². The number of nitrogens with zero attached hydrogens (tertiary/aromatic N) is 4. The van der Waals surface area contributed by atoms with Crippen LogP contribution in [0.5, 0.6) is 0 Å². The molecule has 1 atom stereocenters. The second-order valence-corrected chi connectivity index (χ2v) is 5.60. The molecule has 0 amide bonds. The van der Waals surface area contributed by atoms with Crippen molar-refractivity contribution in [1.29, 1.82) is 0 Å². The van der Waals surface area contributed by atoms with Crippen molar-refractivity contribution in [3.05, 3.63) is 21.6 Å². The quantitative estimate of drug-likeness (QED) is 0.509. The van der Waals surface area contributed by atoms with Gasteiger partial charge in [0.1, 0.15) is 6.33 Å². The third-order valence-electron chi connectivity index (χ3n) is 3.57. The van der Waals surface area contributed by atoms with E-state index in [2.05, 4.69) is 34.0 Å². The summed E-state index contributed by atoms with van der Waals surface area (Å²) in [6, 6.07) is 0.530. The Labute approximate surface area is 122 Å². The van der Waals surface area contributed by atoms with Crippen LogP contribution in [0.2, 0.25) is 5.15 Å². The maximum Gasteiger partial charge on any atom is 0.348 e. The maximum atomic E-state index is 11.0. The molecule has 2 rings (SSSR count). The largest absolute Gasteiger partial charge is 0.364 e. The van der Waals surface area contributed by atoms with Gasteiger partial charge < -0.3 is 10.2 Å². The first-order valence-electron chi connectivity index (χ1n) is 6.62. The first-order chi connectivity index (χ1) is 9.49. The number of aromatic nitrogens is 2. The SMILES string of the molecule is CC(C)N1CCC(CNc2ncnc(Cl)c2[N+](=O)[O-])C1. The molecular weight excluding hydrogens is 282 g/mol. The highest BCUT2D eigenvalue weighted by Crippen LogP contribution is 2.29. The summed E-state index contributed by atoms with van der Waals surface area (Å²) in [5.74, 6) is 0.656. The Morgan fingerprint density at radius 3 is 2.95 bits per heavy atom. The van der Waals surface area contributed by atoms with E-state index in [-0.39, 0.29) is 16.7 Å². The highest BCUT2D eigenvalue weighted by molar-refractivity contribution is 6.31. The van der Waals surface area contributed by atoms with E-state index in [1.165, 1.54) is 6.33 Å². The minimum Gasteiger partial charge on any atom is -0.364 e. The zero-order chi connectivity index (χ0) is 14.7. The lowest BCUT2D eigenvalue weighted by atomic mass is 10.1. The van der Waals surface area contributed by atoms with Gasteiger partial charge in [0.05, 0.1) is 4.92 Å². The van der Waals surface area contributed by atoms with Crippen molar-refractivity contribution in [3.8, 4) is 0 Å². The van der Waals surface area contributed by atoms with E-state index in [0.717, 1.165) is 19.5 Å². The molecule has 1 N–H and O–H groups in total. The first kappa shape index (κ1) is 14.9. The van der Waals surface area contributed by atoms with Gasteiger partial charge in [0, 0.05) is 19.1 Å². The smallest absolute Gasteiger partial charge is 0.348 e. The lowest BCUT2D eigenvalue weighted by molar-refractivity contribution is -0.384. The lowest BCUT2D eigenvalue weighted by Crippen LogP contribution is -2.29. The van der Waals surface area contributed by atoms with Gasteiger partial charge in [0.2, 0.25) is 11.0 Å². The third kappa shape index (κ3) is 3.34. The minimum absolute atomic E-state index is 0.136. The summed E-state index contributed by atoms with van der Waals surface area (Å²) >= 11 is 5.74. The molecule has 20 heavy (non-hydrogen) atoms. The number of anilines is 1. The van der Waals surface area contributed by atoms with Crippen LogP contribution >= 0.6 is 11.6 Å². The summed E-state index contributed by atoms with van der Waals surface area (Å²) in [5, 5.41) is 13.9. The van der Waals surface area contributed by atoms with Crippen molar-refractivity contribution >= 4 is 23.1 Å². The molecule has 110 valence electrons. The Morgan fingerprint density at radius 2 is 2.35 bits per heavy atom. The zero-order valence-electron chi connectivity index (χ0n) is 11.5. The van der Waals surface area contributed by atoms with Gasteiger partial charge in [-0.25, -0.2) is 9.97 Å². The Hall–Kier alpha value is -1.47. The van der Waals surface area contributed by atoms with E-state index >= 15 is 0 Å². The topological polar surface area (TPSA) is 84.2 Å².